The number of anilines is 2. The van der Waals surface area contributed by atoms with Crippen molar-refractivity contribution in [1.82, 2.24) is 9.97 Å². The summed E-state index contributed by atoms with van der Waals surface area (Å²) in [5.74, 6) is 0.685. The lowest BCUT2D eigenvalue weighted by Gasteiger charge is -2.33. The van der Waals surface area contributed by atoms with Gasteiger partial charge in [-0.3, -0.25) is 4.79 Å². The quantitative estimate of drug-likeness (QED) is 0.438. The Hall–Kier alpha value is -3.46. The van der Waals surface area contributed by atoms with Crippen LogP contribution in [0.1, 0.15) is 68.4 Å². The lowest BCUT2D eigenvalue weighted by molar-refractivity contribution is 0.0997. The van der Waals surface area contributed by atoms with Crippen molar-refractivity contribution >= 4 is 27.4 Å². The molecule has 1 unspecified atom stereocenters. The van der Waals surface area contributed by atoms with E-state index >= 15 is 0 Å². The molecule has 8 nitrogen and oxygen atoms in total. The Morgan fingerprint density at radius 2 is 1.86 bits per heavy atom. The molecule has 1 saturated heterocycles. The van der Waals surface area contributed by atoms with Gasteiger partial charge in [0.25, 0.3) is 5.91 Å². The van der Waals surface area contributed by atoms with Crippen molar-refractivity contribution in [3.63, 3.8) is 0 Å². The molecule has 37 heavy (non-hydrogen) atoms. The highest BCUT2D eigenvalue weighted by Gasteiger charge is 2.40. The minimum Gasteiger partial charge on any atom is -0.366 e. The lowest BCUT2D eigenvalue weighted by atomic mass is 9.97. The minimum atomic E-state index is -4.16. The minimum absolute atomic E-state index is 0.102. The number of nitrogens with zero attached hydrogens (tertiary/aromatic N) is 3. The number of hydrogen-bond donors (Lipinski definition) is 2. The normalized spacial score (nSPS) is 17.2. The number of amides is 1. The molecule has 0 saturated carbocycles. The number of nitrogens with two attached hydrogens (primary N) is 1. The van der Waals surface area contributed by atoms with Crippen molar-refractivity contribution in [2.24, 2.45) is 11.7 Å². The van der Waals surface area contributed by atoms with Crippen LogP contribution in [0.4, 0.5) is 11.6 Å². The summed E-state index contributed by atoms with van der Waals surface area (Å²) in [5, 5.41) is 3.03. The van der Waals surface area contributed by atoms with Crippen LogP contribution in [0.5, 0.6) is 0 Å². The van der Waals surface area contributed by atoms with Crippen LogP contribution >= 0.6 is 0 Å². The fourth-order valence-electron chi connectivity index (χ4n) is 5.04. The number of carbonyl (C=O) groups excluding carboxylic acids is 1. The fourth-order valence-corrected chi connectivity index (χ4v) is 6.44. The molecule has 1 fully saturated rings. The number of rotatable bonds is 8. The van der Waals surface area contributed by atoms with Crippen LogP contribution in [-0.2, 0) is 16.4 Å². The first-order valence-corrected chi connectivity index (χ1v) is 14.0. The van der Waals surface area contributed by atoms with Crippen molar-refractivity contribution in [3.05, 3.63) is 71.4 Å². The Kier molecular flexibility index (Phi) is 7.28. The van der Waals surface area contributed by atoms with Gasteiger partial charge in [0.2, 0.25) is 9.84 Å². The second-order valence-electron chi connectivity index (χ2n) is 10.7. The first-order valence-electron chi connectivity index (χ1n) is 12.5. The van der Waals surface area contributed by atoms with Gasteiger partial charge in [-0.15, -0.1) is 0 Å². The molecule has 0 radical (unpaired) electrons. The van der Waals surface area contributed by atoms with E-state index in [0.29, 0.717) is 36.6 Å². The monoisotopic (exact) mass is 521 g/mol. The summed E-state index contributed by atoms with van der Waals surface area (Å²) in [4.78, 5) is 23.2. The van der Waals surface area contributed by atoms with E-state index in [-0.39, 0.29) is 21.0 Å². The molecule has 1 aliphatic rings. The van der Waals surface area contributed by atoms with Gasteiger partial charge in [-0.25, -0.2) is 18.4 Å². The SMILES string of the molecule is CC1CN(c2nccc(S(=O)(=O)c3cccc(NCc4ccc(C(C)C)cc4)n3)c2C(N)=O)C(C)(C)C1. The van der Waals surface area contributed by atoms with E-state index < -0.39 is 15.7 Å². The molecule has 0 spiro atoms. The number of nitrogens with one attached hydrogen (secondary N) is 1. The molecule has 3 heterocycles. The summed E-state index contributed by atoms with van der Waals surface area (Å²) in [5.41, 5.74) is 7.66. The van der Waals surface area contributed by atoms with Crippen LogP contribution in [0.3, 0.4) is 0 Å². The maximum absolute atomic E-state index is 13.7. The van der Waals surface area contributed by atoms with Crippen LogP contribution in [0.2, 0.25) is 0 Å². The van der Waals surface area contributed by atoms with Crippen LogP contribution in [0.15, 0.2) is 64.6 Å². The van der Waals surface area contributed by atoms with Crippen molar-refractivity contribution in [2.75, 3.05) is 16.8 Å². The first-order chi connectivity index (χ1) is 17.4. The molecule has 9 heteroatoms. The van der Waals surface area contributed by atoms with Gasteiger partial charge in [0.15, 0.2) is 5.03 Å². The fraction of sp³-hybridized carbons (Fsp3) is 0.393. The molecule has 196 valence electrons. The average Bonchev–Trinajstić information content (AvgIpc) is 3.14. The Labute approximate surface area is 219 Å². The van der Waals surface area contributed by atoms with E-state index in [1.807, 2.05) is 17.0 Å². The lowest BCUT2D eigenvalue weighted by Crippen LogP contribution is -2.40. The van der Waals surface area contributed by atoms with Crippen LogP contribution in [-0.4, -0.2) is 36.4 Å². The highest BCUT2D eigenvalue weighted by molar-refractivity contribution is 7.91. The van der Waals surface area contributed by atoms with Gasteiger partial charge in [-0.1, -0.05) is 51.1 Å². The van der Waals surface area contributed by atoms with Gasteiger partial charge in [0, 0.05) is 24.8 Å². The maximum atomic E-state index is 13.7. The van der Waals surface area contributed by atoms with Crippen molar-refractivity contribution < 1.29 is 13.2 Å². The van der Waals surface area contributed by atoms with Gasteiger partial charge < -0.3 is 16.0 Å². The smallest absolute Gasteiger partial charge is 0.253 e. The van der Waals surface area contributed by atoms with Gasteiger partial charge in [0.1, 0.15) is 17.2 Å². The maximum Gasteiger partial charge on any atom is 0.253 e. The summed E-state index contributed by atoms with van der Waals surface area (Å²) in [6.07, 6.45) is 2.30. The van der Waals surface area contributed by atoms with E-state index in [1.54, 1.807) is 12.1 Å². The molecule has 1 aliphatic heterocycles. The van der Waals surface area contributed by atoms with Gasteiger partial charge in [-0.05, 0) is 61.4 Å². The van der Waals surface area contributed by atoms with Crippen LogP contribution < -0.4 is 16.0 Å². The van der Waals surface area contributed by atoms with Crippen molar-refractivity contribution in [2.45, 2.75) is 69.0 Å². The largest absolute Gasteiger partial charge is 0.366 e. The van der Waals surface area contributed by atoms with E-state index in [0.717, 1.165) is 12.0 Å². The molecule has 0 aliphatic carbocycles. The number of aromatic nitrogens is 2. The third kappa shape index (κ3) is 5.46. The summed E-state index contributed by atoms with van der Waals surface area (Å²) < 4.78 is 27.5. The second kappa shape index (κ2) is 10.1. The summed E-state index contributed by atoms with van der Waals surface area (Å²) >= 11 is 0. The molecular weight excluding hydrogens is 486 g/mol. The second-order valence-corrected chi connectivity index (χ2v) is 12.6. The topological polar surface area (TPSA) is 118 Å². The molecule has 3 N–H and O–H groups in total. The molecule has 2 aromatic heterocycles. The molecule has 3 aromatic rings. The number of carbonyl (C=O) groups is 1. The zero-order chi connectivity index (χ0) is 27.0. The Morgan fingerprint density at radius 1 is 1.16 bits per heavy atom. The number of sulfone groups is 1. The standard InChI is InChI=1S/C28H35N5O3S/c1-18(2)21-11-9-20(10-12-21)16-31-23-7-6-8-24(32-23)37(35,36)22-13-14-30-27(25(22)26(29)34)33-17-19(3)15-28(33,4)5/h6-14,18-19H,15-17H2,1-5H3,(H2,29,34)(H,31,32). The number of pyridine rings is 2. The predicted octanol–water partition coefficient (Wildman–Crippen LogP) is 4.77. The van der Waals surface area contributed by atoms with Crippen LogP contribution in [0.25, 0.3) is 0 Å². The summed E-state index contributed by atoms with van der Waals surface area (Å²) in [7, 11) is -4.16. The number of hydrogen-bond acceptors (Lipinski definition) is 7. The van der Waals surface area contributed by atoms with Gasteiger partial charge in [0.05, 0.1) is 4.90 Å². The first kappa shape index (κ1) is 26.6. The third-order valence-electron chi connectivity index (χ3n) is 6.88. The molecule has 0 bridgehead atoms. The van der Waals surface area contributed by atoms with Crippen molar-refractivity contribution in [1.29, 1.82) is 0 Å². The molecule has 4 rings (SSSR count). The third-order valence-corrected chi connectivity index (χ3v) is 8.57. The zero-order valence-electron chi connectivity index (χ0n) is 22.0. The Bertz CT molecular complexity index is 1400. The van der Waals surface area contributed by atoms with Crippen LogP contribution in [0, 0.1) is 5.92 Å². The Morgan fingerprint density at radius 3 is 2.46 bits per heavy atom. The highest BCUT2D eigenvalue weighted by Crippen LogP contribution is 2.39. The van der Waals surface area contributed by atoms with Gasteiger partial charge >= 0.3 is 0 Å². The highest BCUT2D eigenvalue weighted by atomic mass is 32.2. The van der Waals surface area contributed by atoms with E-state index in [2.05, 4.69) is 62.0 Å². The predicted molar refractivity (Wildman–Crippen MR) is 146 cm³/mol. The number of primary amides is 1. The number of benzene rings is 1. The Balaban J connectivity index is 1.66. The van der Waals surface area contributed by atoms with E-state index in [1.165, 1.54) is 23.9 Å². The molecular formula is C28H35N5O3S. The van der Waals surface area contributed by atoms with Gasteiger partial charge in [-0.2, -0.15) is 0 Å². The summed E-state index contributed by atoms with van der Waals surface area (Å²) in [6.45, 7) is 11.7. The average molecular weight is 522 g/mol. The summed E-state index contributed by atoms with van der Waals surface area (Å²) in [6, 6.07) is 14.3. The molecule has 1 atom stereocenters. The van der Waals surface area contributed by atoms with Crippen molar-refractivity contribution in [3.8, 4) is 0 Å². The van der Waals surface area contributed by atoms with E-state index in [4.69, 9.17) is 5.73 Å². The zero-order valence-corrected chi connectivity index (χ0v) is 22.8. The molecule has 1 aromatic carbocycles. The molecule has 1 amide bonds. The van der Waals surface area contributed by atoms with E-state index in [9.17, 15) is 13.2 Å².